The van der Waals surface area contributed by atoms with Crippen LogP contribution in [0.4, 0.5) is 11.4 Å². The molecule has 0 amide bonds. The summed E-state index contributed by atoms with van der Waals surface area (Å²) in [6.07, 6.45) is 6.91. The molecule has 0 aliphatic rings. The van der Waals surface area contributed by atoms with Gasteiger partial charge in [-0.05, 0) is 109 Å². The van der Waals surface area contributed by atoms with E-state index in [1.54, 1.807) is 19.1 Å². The van der Waals surface area contributed by atoms with E-state index < -0.39 is 0 Å². The molecular formula is C42H59ClN8O5S2. The molecule has 58 heavy (non-hydrogen) atoms. The molecule has 2 aromatic heterocycles. The number of hydrogen-bond donors (Lipinski definition) is 1. The number of nitrogens with zero attached hydrogens (tertiary/aromatic N) is 7. The molecule has 2 N–H and O–H groups in total. The van der Waals surface area contributed by atoms with Crippen molar-refractivity contribution < 1.29 is 23.9 Å². The summed E-state index contributed by atoms with van der Waals surface area (Å²) in [6, 6.07) is 7.98. The highest BCUT2D eigenvalue weighted by molar-refractivity contribution is 7.16. The predicted molar refractivity (Wildman–Crippen MR) is 245 cm³/mol. The average Bonchev–Trinajstić information content (AvgIpc) is 3.74. The summed E-state index contributed by atoms with van der Waals surface area (Å²) >= 11 is 2.73. The number of halogens is 1. The van der Waals surface area contributed by atoms with Crippen LogP contribution in [0.1, 0.15) is 75.9 Å². The molecule has 13 nitrogen and oxygen atoms in total. The second kappa shape index (κ2) is 26.1. The Balaban J connectivity index is 0.000000515. The lowest BCUT2D eigenvalue weighted by molar-refractivity contribution is 0.102. The lowest BCUT2D eigenvalue weighted by Crippen LogP contribution is -2.14. The predicted octanol–water partition coefficient (Wildman–Crippen LogP) is 10.6. The van der Waals surface area contributed by atoms with Gasteiger partial charge in [-0.3, -0.25) is 4.79 Å². The Kier molecular flexibility index (Phi) is 23.0. The number of benzene rings is 2. The van der Waals surface area contributed by atoms with E-state index in [1.165, 1.54) is 22.7 Å². The molecule has 2 aromatic carbocycles. The van der Waals surface area contributed by atoms with Gasteiger partial charge in [0.25, 0.3) is 10.4 Å². The zero-order chi connectivity index (χ0) is 42.7. The van der Waals surface area contributed by atoms with Crippen molar-refractivity contribution in [3.63, 3.8) is 0 Å². The standard InChI is InChI=1S/C21H28N4O2S.C18H23N3O2S.C3H7NO.ClH/c1-8-10-26-24-17(6)20-16(5)23-21(28-20)27-19-12-14(3)18(11-15(19)4)22-13-25(7)9-2;1-7-21(6)10-19-15-8-12(3)16(9-11(15)2)23-18-20-13(4)17(24-18)14(5)22;1-2-3-5-4;/h8,11-13H,1,9-10H2,2-7H3;8-10H,7H2,1-6H3;2H,1,3-4H2;1H. The van der Waals surface area contributed by atoms with Crippen LogP contribution in [0, 0.1) is 41.5 Å². The number of aliphatic imine (C=N–C) groups is 2. The maximum Gasteiger partial charge on any atom is 0.279 e. The van der Waals surface area contributed by atoms with Gasteiger partial charge in [0.15, 0.2) is 5.78 Å². The summed E-state index contributed by atoms with van der Waals surface area (Å²) in [7, 11) is 3.99. The summed E-state index contributed by atoms with van der Waals surface area (Å²) < 4.78 is 12.0. The Hall–Kier alpha value is -4.93. The highest BCUT2D eigenvalue weighted by Crippen LogP contribution is 2.36. The minimum Gasteiger partial charge on any atom is -0.431 e. The van der Waals surface area contributed by atoms with Crippen molar-refractivity contribution in [2.75, 3.05) is 40.4 Å². The monoisotopic (exact) mass is 854 g/mol. The van der Waals surface area contributed by atoms with Gasteiger partial charge in [-0.1, -0.05) is 46.6 Å². The van der Waals surface area contributed by atoms with Gasteiger partial charge in [0.2, 0.25) is 0 Å². The smallest absolute Gasteiger partial charge is 0.279 e. The molecule has 0 aliphatic carbocycles. The van der Waals surface area contributed by atoms with Crippen LogP contribution in [0.3, 0.4) is 0 Å². The first-order valence-electron chi connectivity index (χ1n) is 18.3. The second-order valence-electron chi connectivity index (χ2n) is 12.9. The van der Waals surface area contributed by atoms with Crippen molar-refractivity contribution >= 4 is 70.6 Å². The van der Waals surface area contributed by atoms with Crippen molar-refractivity contribution in [1.82, 2.24) is 19.8 Å². The number of carbonyl (C=O) groups excluding carboxylic acids is 1. The lowest BCUT2D eigenvalue weighted by atomic mass is 10.1. The van der Waals surface area contributed by atoms with Crippen LogP contribution in [0.15, 0.2) is 64.7 Å². The normalized spacial score (nSPS) is 10.9. The molecule has 0 fully saturated rings. The lowest BCUT2D eigenvalue weighted by Gasteiger charge is -2.11. The van der Waals surface area contributed by atoms with Gasteiger partial charge in [-0.25, -0.2) is 25.8 Å². The van der Waals surface area contributed by atoms with E-state index in [0.29, 0.717) is 34.2 Å². The summed E-state index contributed by atoms with van der Waals surface area (Å²) in [5.74, 6) is 6.09. The molecular weight excluding hydrogens is 796 g/mol. The van der Waals surface area contributed by atoms with Gasteiger partial charge < -0.3 is 28.9 Å². The number of Topliss-reactive ketones (excluding diaryl/α,β-unsaturated/α-hetero) is 1. The molecule has 0 saturated heterocycles. The number of oxime groups is 1. The van der Waals surface area contributed by atoms with Crippen LogP contribution < -0.4 is 15.4 Å². The number of thiazole rings is 2. The van der Waals surface area contributed by atoms with Crippen molar-refractivity contribution in [3.05, 3.63) is 93.0 Å². The molecule has 0 atom stereocenters. The number of rotatable bonds is 17. The third-order valence-corrected chi connectivity index (χ3v) is 10.3. The van der Waals surface area contributed by atoms with Gasteiger partial charge >= 0.3 is 0 Å². The summed E-state index contributed by atoms with van der Waals surface area (Å²) in [6.45, 7) is 28.9. The molecule has 316 valence electrons. The molecule has 0 bridgehead atoms. The number of hydrogen-bond acceptors (Lipinski definition) is 13. The van der Waals surface area contributed by atoms with Crippen LogP contribution in [-0.2, 0) is 9.68 Å². The van der Waals surface area contributed by atoms with E-state index in [1.807, 2.05) is 109 Å². The Morgan fingerprint density at radius 3 is 1.53 bits per heavy atom. The van der Waals surface area contributed by atoms with Gasteiger partial charge in [0.05, 0.1) is 57.5 Å². The van der Waals surface area contributed by atoms with Crippen molar-refractivity contribution in [2.45, 2.75) is 69.2 Å². The van der Waals surface area contributed by atoms with Crippen LogP contribution in [-0.4, -0.2) is 84.3 Å². The third kappa shape index (κ3) is 16.5. The van der Waals surface area contributed by atoms with Crippen LogP contribution in [0.2, 0.25) is 0 Å². The number of aryl methyl sites for hydroxylation is 6. The van der Waals surface area contributed by atoms with Crippen LogP contribution >= 0.6 is 35.1 Å². The molecule has 16 heteroatoms. The molecule has 2 heterocycles. The van der Waals surface area contributed by atoms with E-state index in [2.05, 4.69) is 62.8 Å². The minimum atomic E-state index is 0. The molecule has 0 spiro atoms. The SMILES string of the molecule is C=CCON.C=CCON=C(C)c1sc(Oc2cc(C)c(N=CN(C)CC)cc2C)nc1C.CCN(C)C=Nc1cc(C)c(Oc2nc(C)c(C(C)=O)s2)cc1C.Cl. The van der Waals surface area contributed by atoms with E-state index in [-0.39, 0.29) is 18.2 Å². The zero-order valence-corrected chi connectivity index (χ0v) is 38.3. The van der Waals surface area contributed by atoms with Crippen molar-refractivity contribution in [3.8, 4) is 21.9 Å². The Bertz CT molecular complexity index is 2040. The Morgan fingerprint density at radius 2 is 1.17 bits per heavy atom. The summed E-state index contributed by atoms with van der Waals surface area (Å²) in [5.41, 5.74) is 8.24. The Labute approximate surface area is 358 Å². The topological polar surface area (TPSA) is 149 Å². The fourth-order valence-corrected chi connectivity index (χ4v) is 6.20. The number of ketones is 1. The zero-order valence-electron chi connectivity index (χ0n) is 35.8. The molecule has 0 aliphatic heterocycles. The average molecular weight is 856 g/mol. The van der Waals surface area contributed by atoms with Gasteiger partial charge in [-0.2, -0.15) is 0 Å². The largest absolute Gasteiger partial charge is 0.431 e. The second-order valence-corrected chi connectivity index (χ2v) is 14.8. The molecule has 0 saturated carbocycles. The van der Waals surface area contributed by atoms with Crippen molar-refractivity contribution in [1.29, 1.82) is 0 Å². The highest BCUT2D eigenvalue weighted by Gasteiger charge is 2.16. The highest BCUT2D eigenvalue weighted by atomic mass is 35.5. The maximum atomic E-state index is 11.5. The minimum absolute atomic E-state index is 0. The Morgan fingerprint density at radius 1 is 0.741 bits per heavy atom. The summed E-state index contributed by atoms with van der Waals surface area (Å²) in [4.78, 5) is 44.3. The van der Waals surface area contributed by atoms with E-state index >= 15 is 0 Å². The van der Waals surface area contributed by atoms with Gasteiger partial charge in [0.1, 0.15) is 18.1 Å². The quantitative estimate of drug-likeness (QED) is 0.0272. The first-order chi connectivity index (χ1) is 27.1. The maximum absolute atomic E-state index is 11.5. The molecule has 0 unspecified atom stereocenters. The summed E-state index contributed by atoms with van der Waals surface area (Å²) in [5, 5.41) is 5.16. The molecule has 4 rings (SSSR count). The van der Waals surface area contributed by atoms with E-state index in [9.17, 15) is 4.79 Å². The van der Waals surface area contributed by atoms with E-state index in [0.717, 1.165) is 74.5 Å². The fourth-order valence-electron chi connectivity index (χ4n) is 4.51. The first kappa shape index (κ1) is 51.1. The molecule has 4 aromatic rings. The van der Waals surface area contributed by atoms with Crippen LogP contribution in [0.5, 0.6) is 21.9 Å². The van der Waals surface area contributed by atoms with E-state index in [4.69, 9.17) is 14.3 Å². The van der Waals surface area contributed by atoms with Gasteiger partial charge in [0, 0.05) is 34.1 Å². The molecule has 0 radical (unpaired) electrons. The number of carbonyl (C=O) groups is 1. The van der Waals surface area contributed by atoms with Crippen LogP contribution in [0.25, 0.3) is 0 Å². The number of nitrogens with two attached hydrogens (primary N) is 1. The fraction of sp³-hybridized carbons (Fsp3) is 0.381. The number of aromatic nitrogens is 2. The first-order valence-corrected chi connectivity index (χ1v) is 19.9. The van der Waals surface area contributed by atoms with Crippen molar-refractivity contribution in [2.24, 2.45) is 21.0 Å². The number of ether oxygens (including phenoxy) is 2. The van der Waals surface area contributed by atoms with Gasteiger partial charge in [-0.15, -0.1) is 19.0 Å². The third-order valence-electron chi connectivity index (χ3n) is 7.98.